The monoisotopic (exact) mass is 229 g/mol. The summed E-state index contributed by atoms with van der Waals surface area (Å²) in [5.74, 6) is -0.850. The molecule has 16 heavy (non-hydrogen) atoms. The van der Waals surface area contributed by atoms with Crippen molar-refractivity contribution in [2.45, 2.75) is 44.0 Å². The molecule has 0 bridgehead atoms. The molecule has 0 spiro atoms. The first-order chi connectivity index (χ1) is 7.65. The van der Waals surface area contributed by atoms with E-state index < -0.39 is 12.1 Å². The second-order valence-corrected chi connectivity index (χ2v) is 4.69. The maximum atomic E-state index is 10.7. The molecule has 0 aromatic carbocycles. The molecule has 0 aromatic heterocycles. The van der Waals surface area contributed by atoms with E-state index in [1.165, 1.54) is 0 Å². The predicted molar refractivity (Wildman–Crippen MR) is 57.2 cm³/mol. The summed E-state index contributed by atoms with van der Waals surface area (Å²) in [4.78, 5) is 13.0. The maximum absolute atomic E-state index is 10.7. The summed E-state index contributed by atoms with van der Waals surface area (Å²) in [6.07, 6.45) is 2.36. The fourth-order valence-corrected chi connectivity index (χ4v) is 2.41. The molecule has 2 heterocycles. The zero-order valence-corrected chi connectivity index (χ0v) is 9.34. The molecule has 2 saturated heterocycles. The lowest BCUT2D eigenvalue weighted by molar-refractivity contribution is -0.149. The van der Waals surface area contributed by atoms with Crippen LogP contribution in [-0.4, -0.2) is 59.0 Å². The third-order valence-electron chi connectivity index (χ3n) is 3.40. The Bertz CT molecular complexity index is 250. The minimum atomic E-state index is -0.850. The van der Waals surface area contributed by atoms with Gasteiger partial charge >= 0.3 is 5.97 Å². The molecule has 2 unspecified atom stereocenters. The first kappa shape index (κ1) is 11.8. The highest BCUT2D eigenvalue weighted by Gasteiger charge is 2.32. The molecule has 5 heteroatoms. The van der Waals surface area contributed by atoms with Crippen LogP contribution in [0, 0.1) is 0 Å². The molecule has 0 aliphatic carbocycles. The molecular formula is C11H19NO4. The number of carboxylic acids is 1. The molecule has 0 amide bonds. The highest BCUT2D eigenvalue weighted by Crippen LogP contribution is 2.22. The minimum Gasteiger partial charge on any atom is -0.479 e. The zero-order valence-electron chi connectivity index (χ0n) is 9.34. The van der Waals surface area contributed by atoms with E-state index in [0.29, 0.717) is 6.42 Å². The van der Waals surface area contributed by atoms with Crippen molar-refractivity contribution in [1.29, 1.82) is 0 Å². The second-order valence-electron chi connectivity index (χ2n) is 4.69. The number of ether oxygens (including phenoxy) is 1. The van der Waals surface area contributed by atoms with Gasteiger partial charge in [-0.1, -0.05) is 0 Å². The summed E-state index contributed by atoms with van der Waals surface area (Å²) in [5.41, 5.74) is 0. The minimum absolute atomic E-state index is 0.0522. The number of piperidine rings is 1. The lowest BCUT2D eigenvalue weighted by Crippen LogP contribution is -2.40. The van der Waals surface area contributed by atoms with E-state index in [4.69, 9.17) is 9.84 Å². The van der Waals surface area contributed by atoms with Crippen LogP contribution in [-0.2, 0) is 9.53 Å². The topological polar surface area (TPSA) is 70.0 Å². The predicted octanol–water partition coefficient (Wildman–Crippen LogP) is 0.0753. The van der Waals surface area contributed by atoms with Gasteiger partial charge in [0.15, 0.2) is 6.10 Å². The SMILES string of the molecule is O=C(O)C1CCC(CN2CCC(O)CC2)O1. The van der Waals surface area contributed by atoms with Crippen molar-refractivity contribution in [2.75, 3.05) is 19.6 Å². The Hall–Kier alpha value is -0.650. The van der Waals surface area contributed by atoms with Crippen molar-refractivity contribution in [3.05, 3.63) is 0 Å². The van der Waals surface area contributed by atoms with Crippen LogP contribution in [0.4, 0.5) is 0 Å². The molecule has 0 saturated carbocycles. The van der Waals surface area contributed by atoms with Crippen LogP contribution in [0.3, 0.4) is 0 Å². The highest BCUT2D eigenvalue weighted by molar-refractivity contribution is 5.72. The van der Waals surface area contributed by atoms with E-state index in [0.717, 1.165) is 38.9 Å². The van der Waals surface area contributed by atoms with Crippen molar-refractivity contribution in [3.8, 4) is 0 Å². The van der Waals surface area contributed by atoms with Crippen LogP contribution in [0.25, 0.3) is 0 Å². The van der Waals surface area contributed by atoms with Crippen LogP contribution >= 0.6 is 0 Å². The molecule has 2 aliphatic heterocycles. The smallest absolute Gasteiger partial charge is 0.332 e. The number of aliphatic hydroxyl groups is 1. The van der Waals surface area contributed by atoms with Crippen LogP contribution < -0.4 is 0 Å². The van der Waals surface area contributed by atoms with Gasteiger partial charge in [0.25, 0.3) is 0 Å². The molecule has 92 valence electrons. The first-order valence-corrected chi connectivity index (χ1v) is 5.94. The maximum Gasteiger partial charge on any atom is 0.332 e. The number of carbonyl (C=O) groups is 1. The number of hydrogen-bond donors (Lipinski definition) is 2. The Morgan fingerprint density at radius 2 is 1.94 bits per heavy atom. The zero-order chi connectivity index (χ0) is 11.5. The average molecular weight is 229 g/mol. The van der Waals surface area contributed by atoms with Crippen LogP contribution in [0.5, 0.6) is 0 Å². The Balaban J connectivity index is 1.73. The summed E-state index contributed by atoms with van der Waals surface area (Å²) in [7, 11) is 0. The van der Waals surface area contributed by atoms with Crippen molar-refractivity contribution in [1.82, 2.24) is 4.90 Å². The average Bonchev–Trinajstić information content (AvgIpc) is 2.70. The van der Waals surface area contributed by atoms with Gasteiger partial charge in [-0.3, -0.25) is 0 Å². The van der Waals surface area contributed by atoms with Gasteiger partial charge in [0, 0.05) is 19.6 Å². The third kappa shape index (κ3) is 2.93. The normalized spacial score (nSPS) is 33.1. The largest absolute Gasteiger partial charge is 0.479 e. The Morgan fingerprint density at radius 3 is 2.50 bits per heavy atom. The lowest BCUT2D eigenvalue weighted by atomic mass is 10.1. The highest BCUT2D eigenvalue weighted by atomic mass is 16.5. The molecular weight excluding hydrogens is 210 g/mol. The van der Waals surface area contributed by atoms with Gasteiger partial charge in [-0.25, -0.2) is 4.79 Å². The van der Waals surface area contributed by atoms with Crippen LogP contribution in [0.15, 0.2) is 0 Å². The fourth-order valence-electron chi connectivity index (χ4n) is 2.41. The summed E-state index contributed by atoms with van der Waals surface area (Å²) in [6.45, 7) is 2.58. The first-order valence-electron chi connectivity index (χ1n) is 5.94. The van der Waals surface area contributed by atoms with Crippen molar-refractivity contribution >= 4 is 5.97 Å². The van der Waals surface area contributed by atoms with E-state index in [1.54, 1.807) is 0 Å². The summed E-state index contributed by atoms with van der Waals surface area (Å²) < 4.78 is 5.45. The van der Waals surface area contributed by atoms with E-state index in [9.17, 15) is 9.90 Å². The number of aliphatic hydroxyl groups excluding tert-OH is 1. The molecule has 2 fully saturated rings. The van der Waals surface area contributed by atoms with Crippen LogP contribution in [0.2, 0.25) is 0 Å². The van der Waals surface area contributed by atoms with E-state index >= 15 is 0 Å². The standard InChI is InChI=1S/C11H19NO4/c13-8-3-5-12(6-4-8)7-9-1-2-10(16-9)11(14)15/h8-10,13H,1-7H2,(H,14,15). The molecule has 2 atom stereocenters. The molecule has 0 aromatic rings. The molecule has 2 N–H and O–H groups in total. The van der Waals surface area contributed by atoms with Gasteiger partial charge in [-0.05, 0) is 25.7 Å². The summed E-state index contributed by atoms with van der Waals surface area (Å²) in [5, 5.41) is 18.2. The number of nitrogens with zero attached hydrogens (tertiary/aromatic N) is 1. The van der Waals surface area contributed by atoms with Gasteiger partial charge in [0.1, 0.15) is 0 Å². The van der Waals surface area contributed by atoms with Crippen molar-refractivity contribution in [3.63, 3.8) is 0 Å². The molecule has 2 aliphatic rings. The van der Waals surface area contributed by atoms with Gasteiger partial charge < -0.3 is 19.8 Å². The number of hydrogen-bond acceptors (Lipinski definition) is 4. The third-order valence-corrected chi connectivity index (χ3v) is 3.40. The van der Waals surface area contributed by atoms with Crippen molar-refractivity contribution in [2.24, 2.45) is 0 Å². The van der Waals surface area contributed by atoms with Gasteiger partial charge in [0.05, 0.1) is 12.2 Å². The Morgan fingerprint density at radius 1 is 1.25 bits per heavy atom. The van der Waals surface area contributed by atoms with Crippen molar-refractivity contribution < 1.29 is 19.7 Å². The van der Waals surface area contributed by atoms with Crippen LogP contribution in [0.1, 0.15) is 25.7 Å². The van der Waals surface area contributed by atoms with Gasteiger partial charge in [0.2, 0.25) is 0 Å². The lowest BCUT2D eigenvalue weighted by Gasteiger charge is -2.31. The molecule has 0 radical (unpaired) electrons. The van der Waals surface area contributed by atoms with E-state index in [-0.39, 0.29) is 12.2 Å². The fraction of sp³-hybridized carbons (Fsp3) is 0.909. The number of rotatable bonds is 3. The van der Waals surface area contributed by atoms with Gasteiger partial charge in [-0.2, -0.15) is 0 Å². The summed E-state index contributed by atoms with van der Waals surface area (Å²) >= 11 is 0. The quantitative estimate of drug-likeness (QED) is 0.717. The molecule has 2 rings (SSSR count). The number of aliphatic carboxylic acids is 1. The molecule has 5 nitrogen and oxygen atoms in total. The Kier molecular flexibility index (Phi) is 3.78. The van der Waals surface area contributed by atoms with Gasteiger partial charge in [-0.15, -0.1) is 0 Å². The summed E-state index contributed by atoms with van der Waals surface area (Å²) in [6, 6.07) is 0. The number of likely N-dealkylation sites (tertiary alicyclic amines) is 1. The number of carboxylic acid groups (broad SMARTS) is 1. The van der Waals surface area contributed by atoms with E-state index in [1.807, 2.05) is 0 Å². The second kappa shape index (κ2) is 5.12. The van der Waals surface area contributed by atoms with E-state index in [2.05, 4.69) is 4.90 Å². The Labute approximate surface area is 95.0 Å².